The zero-order valence-corrected chi connectivity index (χ0v) is 11.9. The molecule has 0 spiro atoms. The average molecular weight is 276 g/mol. The number of rotatable bonds is 2. The van der Waals surface area contributed by atoms with E-state index in [9.17, 15) is 5.26 Å². The van der Waals surface area contributed by atoms with Crippen molar-refractivity contribution in [1.82, 2.24) is 5.01 Å². The lowest BCUT2D eigenvalue weighted by Crippen LogP contribution is -2.43. The highest BCUT2D eigenvalue weighted by atomic mass is 16.0. The number of hydrogen-bond donors (Lipinski definition) is 0. The van der Waals surface area contributed by atoms with Gasteiger partial charge in [-0.1, -0.05) is 35.4 Å². The highest BCUT2D eigenvalue weighted by Crippen LogP contribution is 2.28. The number of nitrogens with zero attached hydrogens (tertiary/aromatic N) is 5. The van der Waals surface area contributed by atoms with Crippen LogP contribution in [0, 0.1) is 31.5 Å². The Kier molecular flexibility index (Phi) is 3.10. The van der Waals surface area contributed by atoms with Crippen molar-refractivity contribution >= 4 is 11.4 Å². The Labute approximate surface area is 123 Å². The van der Waals surface area contributed by atoms with Crippen LogP contribution in [0.2, 0.25) is 0 Å². The molecule has 0 unspecified atom stereocenters. The van der Waals surface area contributed by atoms with Crippen molar-refractivity contribution in [1.29, 1.82) is 5.26 Å². The zero-order valence-electron chi connectivity index (χ0n) is 11.9. The molecule has 0 saturated heterocycles. The molecule has 2 aromatic rings. The number of aryl methyl sites for hydroxylation is 2. The molecule has 2 aromatic carbocycles. The normalized spacial score (nSPS) is 12.9. The molecule has 0 amide bonds. The number of hydrazine groups is 2. The fraction of sp³-hybridized carbons (Fsp3) is 0.125. The molecular weight excluding hydrogens is 262 g/mol. The van der Waals surface area contributed by atoms with Crippen LogP contribution >= 0.6 is 0 Å². The van der Waals surface area contributed by atoms with Crippen molar-refractivity contribution in [3.05, 3.63) is 64.6 Å². The summed E-state index contributed by atoms with van der Waals surface area (Å²) in [4.78, 5) is 4.18. The van der Waals surface area contributed by atoms with E-state index in [1.165, 1.54) is 10.6 Å². The maximum absolute atomic E-state index is 9.25. The summed E-state index contributed by atoms with van der Waals surface area (Å²) >= 11 is 0. The van der Waals surface area contributed by atoms with Gasteiger partial charge >= 0.3 is 12.4 Å². The highest BCUT2D eigenvalue weighted by Gasteiger charge is 2.38. The summed E-state index contributed by atoms with van der Waals surface area (Å²) in [5, 5.41) is 13.8. The van der Waals surface area contributed by atoms with Gasteiger partial charge in [-0.05, 0) is 48.2 Å². The van der Waals surface area contributed by atoms with Crippen molar-refractivity contribution in [3.63, 3.8) is 0 Å². The second kappa shape index (κ2) is 5.07. The first-order valence-corrected chi connectivity index (χ1v) is 6.58. The van der Waals surface area contributed by atoms with Crippen molar-refractivity contribution in [2.45, 2.75) is 13.8 Å². The summed E-state index contributed by atoms with van der Waals surface area (Å²) in [6.45, 7) is 4.05. The molecule has 1 aliphatic heterocycles. The van der Waals surface area contributed by atoms with Crippen LogP contribution in [-0.2, 0) is 0 Å². The van der Waals surface area contributed by atoms with E-state index in [1.54, 1.807) is 10.2 Å². The molecule has 102 valence electrons. The Hall–Kier alpha value is -3.18. The Morgan fingerprint density at radius 2 is 1.43 bits per heavy atom. The van der Waals surface area contributed by atoms with Crippen molar-refractivity contribution in [3.8, 4) is 12.4 Å². The minimum atomic E-state index is 0.844. The van der Waals surface area contributed by atoms with Gasteiger partial charge in [0.05, 0.1) is 0 Å². The quantitative estimate of drug-likeness (QED) is 0.787. The maximum Gasteiger partial charge on any atom is 0.455 e. The molecular formula is C16H14N5+. The third kappa shape index (κ3) is 2.33. The summed E-state index contributed by atoms with van der Waals surface area (Å²) in [5.41, 5.74) is 4.04. The first kappa shape index (κ1) is 12.8. The van der Waals surface area contributed by atoms with Crippen LogP contribution in [-0.4, -0.2) is 5.01 Å². The fourth-order valence-corrected chi connectivity index (χ4v) is 2.07. The number of hydrogen-bond acceptors (Lipinski definition) is 4. The van der Waals surface area contributed by atoms with E-state index in [-0.39, 0.29) is 0 Å². The van der Waals surface area contributed by atoms with Crippen LogP contribution in [0.4, 0.5) is 11.4 Å². The van der Waals surface area contributed by atoms with Gasteiger partial charge in [-0.3, -0.25) is 0 Å². The number of anilines is 2. The lowest BCUT2D eigenvalue weighted by atomic mass is 10.2. The van der Waals surface area contributed by atoms with E-state index in [0.29, 0.717) is 0 Å². The Bertz CT molecular complexity index is 746. The van der Waals surface area contributed by atoms with E-state index >= 15 is 0 Å². The lowest BCUT2D eigenvalue weighted by Gasteiger charge is -2.20. The third-order valence-electron chi connectivity index (χ3n) is 3.23. The van der Waals surface area contributed by atoms with Gasteiger partial charge in [0.2, 0.25) is 0 Å². The zero-order chi connectivity index (χ0) is 14.8. The molecule has 5 heteroatoms. The minimum Gasteiger partial charge on any atom is -0.142 e. The molecule has 0 N–H and O–H groups in total. The van der Waals surface area contributed by atoms with Gasteiger partial charge in [0.25, 0.3) is 0 Å². The lowest BCUT2D eigenvalue weighted by molar-refractivity contribution is 0.520. The molecule has 1 heterocycles. The van der Waals surface area contributed by atoms with Gasteiger partial charge in [-0.15, -0.1) is 5.26 Å². The number of benzene rings is 2. The minimum absolute atomic E-state index is 0.844. The Balaban J connectivity index is 2.00. The second-order valence-corrected chi connectivity index (χ2v) is 4.86. The number of nitriles is 1. The summed E-state index contributed by atoms with van der Waals surface area (Å²) < 4.78 is 0. The topological polar surface area (TPSA) is 37.9 Å². The van der Waals surface area contributed by atoms with E-state index < -0.39 is 0 Å². The maximum atomic E-state index is 9.25. The molecule has 21 heavy (non-hydrogen) atoms. The van der Waals surface area contributed by atoms with Crippen molar-refractivity contribution in [2.75, 3.05) is 10.2 Å². The predicted molar refractivity (Wildman–Crippen MR) is 82.0 cm³/mol. The van der Waals surface area contributed by atoms with E-state index in [2.05, 4.69) is 17.3 Å². The van der Waals surface area contributed by atoms with Gasteiger partial charge in [0.15, 0.2) is 0 Å². The molecule has 0 aromatic heterocycles. The standard InChI is InChI=1S/C16H14N5/c1-13-3-7-15(8-4-13)20-18-12-19(11-17)21(20)16-9-5-14(2)6-10-16/h3-10H,1-2H3/q+1. The van der Waals surface area contributed by atoms with Gasteiger partial charge in [-0.25, -0.2) is 0 Å². The van der Waals surface area contributed by atoms with Crippen molar-refractivity contribution in [2.24, 2.45) is 0 Å². The van der Waals surface area contributed by atoms with E-state index in [4.69, 9.17) is 0 Å². The molecule has 0 saturated carbocycles. The molecule has 0 bridgehead atoms. The first-order valence-electron chi connectivity index (χ1n) is 6.58. The van der Waals surface area contributed by atoms with Crippen LogP contribution in [0.25, 0.3) is 4.95 Å². The van der Waals surface area contributed by atoms with Gasteiger partial charge in [0.1, 0.15) is 11.4 Å². The van der Waals surface area contributed by atoms with Crippen LogP contribution in [0.15, 0.2) is 48.5 Å². The van der Waals surface area contributed by atoms with Gasteiger partial charge < -0.3 is 0 Å². The highest BCUT2D eigenvalue weighted by molar-refractivity contribution is 5.61. The molecule has 3 rings (SSSR count). The molecule has 1 aliphatic rings. The Morgan fingerprint density at radius 1 is 0.905 bits per heavy atom. The Morgan fingerprint density at radius 3 is 1.95 bits per heavy atom. The molecule has 0 atom stereocenters. The first-order chi connectivity index (χ1) is 10.2. The molecule has 5 nitrogen and oxygen atoms in total. The molecule has 0 radical (unpaired) electrons. The second-order valence-electron chi connectivity index (χ2n) is 4.86. The smallest absolute Gasteiger partial charge is 0.142 e. The largest absolute Gasteiger partial charge is 0.455 e. The molecule has 0 aliphatic carbocycles. The summed E-state index contributed by atoms with van der Waals surface area (Å²) in [7, 11) is 0. The average Bonchev–Trinajstić information content (AvgIpc) is 2.93. The van der Waals surface area contributed by atoms with Crippen LogP contribution < -0.4 is 10.2 Å². The van der Waals surface area contributed by atoms with Gasteiger partial charge in [-0.2, -0.15) is 0 Å². The van der Waals surface area contributed by atoms with Crippen LogP contribution in [0.3, 0.4) is 0 Å². The predicted octanol–water partition coefficient (Wildman–Crippen LogP) is 3.45. The van der Waals surface area contributed by atoms with Crippen molar-refractivity contribution < 1.29 is 0 Å². The third-order valence-corrected chi connectivity index (χ3v) is 3.23. The van der Waals surface area contributed by atoms with E-state index in [0.717, 1.165) is 16.9 Å². The van der Waals surface area contributed by atoms with E-state index in [1.807, 2.05) is 62.4 Å². The fourth-order valence-electron chi connectivity index (χ4n) is 2.07. The van der Waals surface area contributed by atoms with Crippen LogP contribution in [0.1, 0.15) is 11.1 Å². The molecule has 0 fully saturated rings. The van der Waals surface area contributed by atoms with Crippen LogP contribution in [0.5, 0.6) is 0 Å². The monoisotopic (exact) mass is 276 g/mol. The summed E-state index contributed by atoms with van der Waals surface area (Å²) in [6.07, 6.45) is 4.73. The van der Waals surface area contributed by atoms with Gasteiger partial charge in [0, 0.05) is 10.1 Å². The SMILES string of the molecule is Cc1ccc(N2[N+]#CN(C#N)N2c2ccc(C)cc2)cc1. The summed E-state index contributed by atoms with van der Waals surface area (Å²) in [5.74, 6) is 0. The summed E-state index contributed by atoms with van der Waals surface area (Å²) in [6, 6.07) is 15.8.